The fourth-order valence-corrected chi connectivity index (χ4v) is 5.67. The summed E-state index contributed by atoms with van der Waals surface area (Å²) in [6.45, 7) is 4.07. The first-order valence-corrected chi connectivity index (χ1v) is 12.7. The molecule has 3 aromatic heterocycles. The summed E-state index contributed by atoms with van der Waals surface area (Å²) in [5, 5.41) is 14.8. The summed E-state index contributed by atoms with van der Waals surface area (Å²) in [6, 6.07) is 10.1. The molecule has 1 amide bonds. The molecule has 0 spiro atoms. The van der Waals surface area contributed by atoms with E-state index in [0.29, 0.717) is 32.6 Å². The molecule has 0 bridgehead atoms. The second kappa shape index (κ2) is 9.42. The number of carbonyl (C=O) groups is 1. The number of imidazole rings is 1. The lowest BCUT2D eigenvalue weighted by Crippen LogP contribution is -2.48. The highest BCUT2D eigenvalue weighted by atomic mass is 79.9. The first-order chi connectivity index (χ1) is 16.9. The van der Waals surface area contributed by atoms with Gasteiger partial charge in [0.05, 0.1) is 15.2 Å². The number of aryl methyl sites for hydroxylation is 1. The van der Waals surface area contributed by atoms with Crippen LogP contribution < -0.4 is 9.80 Å². The smallest absolute Gasteiger partial charge is 0.407 e. The Kier molecular flexibility index (Phi) is 6.32. The van der Waals surface area contributed by atoms with Crippen molar-refractivity contribution in [2.75, 3.05) is 43.0 Å². The number of benzene rings is 1. The maximum absolute atomic E-state index is 13.4. The number of halogens is 2. The van der Waals surface area contributed by atoms with Crippen LogP contribution in [0.3, 0.4) is 0 Å². The monoisotopic (exact) mass is 559 g/mol. The third kappa shape index (κ3) is 4.43. The molecule has 1 aliphatic heterocycles. The summed E-state index contributed by atoms with van der Waals surface area (Å²) in [5.41, 5.74) is 3.19. The van der Waals surface area contributed by atoms with Gasteiger partial charge in [-0.25, -0.2) is 19.2 Å². The van der Waals surface area contributed by atoms with Gasteiger partial charge in [-0.05, 0) is 58.7 Å². The number of aromatic nitrogens is 4. The Morgan fingerprint density at radius 1 is 1.14 bits per heavy atom. The topological polar surface area (TPSA) is 90.1 Å². The predicted molar refractivity (Wildman–Crippen MR) is 137 cm³/mol. The number of hydrogen-bond donors (Lipinski definition) is 1. The zero-order valence-electron chi connectivity index (χ0n) is 19.1. The summed E-state index contributed by atoms with van der Waals surface area (Å²) < 4.78 is 16.1. The molecule has 0 aliphatic carbocycles. The van der Waals surface area contributed by atoms with Gasteiger partial charge in [-0.15, -0.1) is 5.10 Å². The van der Waals surface area contributed by atoms with E-state index in [1.165, 1.54) is 28.4 Å². The number of piperazine rings is 1. The number of anilines is 3. The number of amides is 1. The van der Waals surface area contributed by atoms with Crippen LogP contribution in [0.5, 0.6) is 0 Å². The lowest BCUT2D eigenvalue weighted by atomic mass is 10.2. The number of carboxylic acid groups (broad SMARTS) is 1. The van der Waals surface area contributed by atoms with E-state index in [1.807, 2.05) is 35.5 Å². The number of thiazole rings is 1. The van der Waals surface area contributed by atoms with Crippen LogP contribution in [0.25, 0.3) is 16.9 Å². The molecule has 1 fully saturated rings. The molecule has 9 nitrogen and oxygen atoms in total. The highest BCUT2D eigenvalue weighted by Gasteiger charge is 2.24. The standard InChI is InChI=1S/C23H23BrFN7O2S/c1-3-16-21(29(2)22-27-19(20(24)35-22)14-4-6-15(25)7-5-14)32-17(26-16)8-9-18(28-32)30-10-12-31(13-11-30)23(33)34/h4-9H,3,10-13H2,1-2H3,(H,33,34). The fourth-order valence-electron chi connectivity index (χ4n) is 4.14. The zero-order valence-corrected chi connectivity index (χ0v) is 21.6. The summed E-state index contributed by atoms with van der Waals surface area (Å²) in [5.74, 6) is 1.30. The van der Waals surface area contributed by atoms with Gasteiger partial charge in [0.15, 0.2) is 16.6 Å². The van der Waals surface area contributed by atoms with Gasteiger partial charge in [0.25, 0.3) is 0 Å². The van der Waals surface area contributed by atoms with E-state index in [-0.39, 0.29) is 5.82 Å². The van der Waals surface area contributed by atoms with E-state index in [9.17, 15) is 14.3 Å². The third-order valence-electron chi connectivity index (χ3n) is 6.02. The predicted octanol–water partition coefficient (Wildman–Crippen LogP) is 4.88. The van der Waals surface area contributed by atoms with E-state index in [2.05, 4.69) is 20.8 Å². The first-order valence-electron chi connectivity index (χ1n) is 11.1. The number of nitrogens with zero attached hydrogens (tertiary/aromatic N) is 7. The average molecular weight is 560 g/mol. The Balaban J connectivity index is 1.50. The highest BCUT2D eigenvalue weighted by molar-refractivity contribution is 9.11. The SMILES string of the molecule is CCc1nc2ccc(N3CCN(C(=O)O)CC3)nn2c1N(C)c1nc(-c2ccc(F)cc2)c(Br)s1. The van der Waals surface area contributed by atoms with Crippen LogP contribution >= 0.6 is 27.3 Å². The molecular formula is C23H23BrFN7O2S. The lowest BCUT2D eigenvalue weighted by Gasteiger charge is -2.33. The number of rotatable bonds is 5. The minimum atomic E-state index is -0.895. The molecule has 0 unspecified atom stereocenters. The van der Waals surface area contributed by atoms with Crippen LogP contribution in [0, 0.1) is 5.82 Å². The van der Waals surface area contributed by atoms with Gasteiger partial charge in [-0.3, -0.25) is 0 Å². The summed E-state index contributed by atoms with van der Waals surface area (Å²) in [7, 11) is 1.93. The van der Waals surface area contributed by atoms with Crippen molar-refractivity contribution in [2.24, 2.45) is 0 Å². The van der Waals surface area contributed by atoms with E-state index in [4.69, 9.17) is 15.1 Å². The lowest BCUT2D eigenvalue weighted by molar-refractivity contribution is 0.142. The highest BCUT2D eigenvalue weighted by Crippen LogP contribution is 2.40. The van der Waals surface area contributed by atoms with Crippen LogP contribution in [0.4, 0.5) is 26.0 Å². The molecule has 4 heterocycles. The maximum atomic E-state index is 13.4. The quantitative estimate of drug-likeness (QED) is 0.372. The van der Waals surface area contributed by atoms with E-state index >= 15 is 0 Å². The van der Waals surface area contributed by atoms with Gasteiger partial charge < -0.3 is 19.8 Å². The third-order valence-corrected chi connectivity index (χ3v) is 7.80. The largest absolute Gasteiger partial charge is 0.465 e. The van der Waals surface area contributed by atoms with Crippen LogP contribution in [0.2, 0.25) is 0 Å². The molecule has 1 N–H and O–H groups in total. The van der Waals surface area contributed by atoms with Gasteiger partial charge in [-0.1, -0.05) is 18.3 Å². The van der Waals surface area contributed by atoms with Gasteiger partial charge >= 0.3 is 6.09 Å². The van der Waals surface area contributed by atoms with Gasteiger partial charge in [0.2, 0.25) is 0 Å². The molecule has 1 saturated heterocycles. The molecule has 5 rings (SSSR count). The van der Waals surface area contributed by atoms with Crippen LogP contribution in [-0.2, 0) is 6.42 Å². The van der Waals surface area contributed by atoms with Crippen molar-refractivity contribution in [3.8, 4) is 11.3 Å². The molecule has 35 heavy (non-hydrogen) atoms. The zero-order chi connectivity index (χ0) is 24.7. The average Bonchev–Trinajstić information content (AvgIpc) is 3.44. The van der Waals surface area contributed by atoms with Gasteiger partial charge in [0, 0.05) is 38.8 Å². The van der Waals surface area contributed by atoms with Crippen LogP contribution in [0.1, 0.15) is 12.6 Å². The molecule has 12 heteroatoms. The first kappa shape index (κ1) is 23.5. The Hall–Kier alpha value is -3.25. The summed E-state index contributed by atoms with van der Waals surface area (Å²) in [4.78, 5) is 26.3. The Morgan fingerprint density at radius 2 is 1.86 bits per heavy atom. The number of hydrogen-bond acceptors (Lipinski definition) is 7. The molecule has 182 valence electrons. The van der Waals surface area contributed by atoms with E-state index in [0.717, 1.165) is 43.2 Å². The minimum absolute atomic E-state index is 0.290. The van der Waals surface area contributed by atoms with Crippen molar-refractivity contribution < 1.29 is 14.3 Å². The Bertz CT molecular complexity index is 1380. The molecular weight excluding hydrogens is 537 g/mol. The molecule has 0 atom stereocenters. The fraction of sp³-hybridized carbons (Fsp3) is 0.304. The molecule has 1 aromatic carbocycles. The second-order valence-corrected chi connectivity index (χ2v) is 10.4. The second-order valence-electron chi connectivity index (χ2n) is 8.14. The van der Waals surface area contributed by atoms with Crippen molar-refractivity contribution in [1.82, 2.24) is 24.5 Å². The number of fused-ring (bicyclic) bond motifs is 1. The maximum Gasteiger partial charge on any atom is 0.407 e. The molecule has 0 radical (unpaired) electrons. The van der Waals surface area contributed by atoms with Crippen molar-refractivity contribution in [2.45, 2.75) is 13.3 Å². The van der Waals surface area contributed by atoms with Gasteiger partial charge in [-0.2, -0.15) is 4.52 Å². The van der Waals surface area contributed by atoms with Crippen molar-refractivity contribution >= 4 is 55.8 Å². The molecule has 0 saturated carbocycles. The van der Waals surface area contributed by atoms with Crippen molar-refractivity contribution in [3.63, 3.8) is 0 Å². The Labute approximate surface area is 213 Å². The normalized spacial score (nSPS) is 14.1. The minimum Gasteiger partial charge on any atom is -0.465 e. The Morgan fingerprint density at radius 3 is 2.51 bits per heavy atom. The van der Waals surface area contributed by atoms with E-state index < -0.39 is 6.09 Å². The van der Waals surface area contributed by atoms with Crippen molar-refractivity contribution in [3.05, 3.63) is 51.7 Å². The van der Waals surface area contributed by atoms with E-state index in [1.54, 1.807) is 12.1 Å². The van der Waals surface area contributed by atoms with Gasteiger partial charge in [0.1, 0.15) is 11.6 Å². The van der Waals surface area contributed by atoms with Crippen LogP contribution in [0.15, 0.2) is 40.2 Å². The summed E-state index contributed by atoms with van der Waals surface area (Å²) >= 11 is 5.09. The van der Waals surface area contributed by atoms with Crippen LogP contribution in [-0.4, -0.2) is 68.9 Å². The summed E-state index contributed by atoms with van der Waals surface area (Å²) in [6.07, 6.45) is -0.179. The van der Waals surface area contributed by atoms with Crippen molar-refractivity contribution in [1.29, 1.82) is 0 Å². The molecule has 4 aromatic rings. The molecule has 1 aliphatic rings.